The number of halogens is 2. The molecule has 0 bridgehead atoms. The first kappa shape index (κ1) is 17.8. The van der Waals surface area contributed by atoms with E-state index in [1.807, 2.05) is 48.7 Å². The van der Waals surface area contributed by atoms with Crippen molar-refractivity contribution in [3.05, 3.63) is 75.3 Å². The molecule has 0 spiro atoms. The molecular weight excluding hydrogens is 383 g/mol. The quantitative estimate of drug-likeness (QED) is 0.480. The molecule has 0 unspecified atom stereocenters. The normalized spacial score (nSPS) is 11.4. The van der Waals surface area contributed by atoms with Crippen molar-refractivity contribution in [2.75, 3.05) is 0 Å². The van der Waals surface area contributed by atoms with Crippen LogP contribution in [0.25, 0.3) is 28.2 Å². The molecule has 0 aliphatic heterocycles. The molecule has 2 heterocycles. The van der Waals surface area contributed by atoms with Crippen molar-refractivity contribution < 1.29 is 0 Å². The van der Waals surface area contributed by atoms with Gasteiger partial charge in [-0.3, -0.25) is 13.9 Å². The van der Waals surface area contributed by atoms with Gasteiger partial charge >= 0.3 is 0 Å². The fraction of sp³-hybridized carbons (Fsp3) is 0.150. The Morgan fingerprint density at radius 1 is 1.00 bits per heavy atom. The third kappa shape index (κ3) is 3.03. The lowest BCUT2D eigenvalue weighted by Gasteiger charge is -2.11. The number of nitrogens with zero attached hydrogens (tertiary/aromatic N) is 4. The van der Waals surface area contributed by atoms with E-state index in [0.29, 0.717) is 27.0 Å². The van der Waals surface area contributed by atoms with Crippen molar-refractivity contribution in [3.63, 3.8) is 0 Å². The summed E-state index contributed by atoms with van der Waals surface area (Å²) in [6.07, 6.45) is 1.56. The number of aromatic nitrogens is 4. The molecule has 0 saturated heterocycles. The van der Waals surface area contributed by atoms with Crippen molar-refractivity contribution >= 4 is 34.4 Å². The van der Waals surface area contributed by atoms with Gasteiger partial charge in [-0.15, -0.1) is 0 Å². The van der Waals surface area contributed by atoms with Gasteiger partial charge in [0.25, 0.3) is 5.56 Å². The van der Waals surface area contributed by atoms with Crippen LogP contribution >= 0.6 is 23.2 Å². The topological polar surface area (TPSA) is 52.7 Å². The molecule has 4 rings (SSSR count). The minimum absolute atomic E-state index is 0.0150. The zero-order valence-electron chi connectivity index (χ0n) is 14.7. The number of fused-ring (bicyclic) bond motifs is 1. The zero-order chi connectivity index (χ0) is 19.1. The van der Waals surface area contributed by atoms with Gasteiger partial charge in [0.2, 0.25) is 0 Å². The number of hydrogen-bond donors (Lipinski definition) is 0. The molecular formula is C20H16Cl2N4O. The highest BCUT2D eigenvalue weighted by Crippen LogP contribution is 2.31. The number of rotatable bonds is 3. The van der Waals surface area contributed by atoms with E-state index in [-0.39, 0.29) is 11.6 Å². The van der Waals surface area contributed by atoms with E-state index >= 15 is 0 Å². The predicted octanol–water partition coefficient (Wildman–Crippen LogP) is 5.14. The van der Waals surface area contributed by atoms with E-state index in [1.165, 1.54) is 0 Å². The maximum atomic E-state index is 12.9. The van der Waals surface area contributed by atoms with Crippen molar-refractivity contribution in [2.45, 2.75) is 19.9 Å². The molecule has 7 heteroatoms. The Hall–Kier alpha value is -2.63. The molecule has 136 valence electrons. The molecule has 2 aromatic carbocycles. The summed E-state index contributed by atoms with van der Waals surface area (Å²) in [6.45, 7) is 3.86. The highest BCUT2D eigenvalue weighted by atomic mass is 35.5. The van der Waals surface area contributed by atoms with E-state index in [4.69, 9.17) is 23.2 Å². The molecule has 0 fully saturated rings. The second-order valence-electron chi connectivity index (χ2n) is 6.45. The molecule has 0 radical (unpaired) electrons. The smallest absolute Gasteiger partial charge is 0.281 e. The van der Waals surface area contributed by atoms with E-state index < -0.39 is 0 Å². The number of imidazole rings is 1. The van der Waals surface area contributed by atoms with E-state index in [9.17, 15) is 4.79 Å². The molecule has 2 aromatic heterocycles. The van der Waals surface area contributed by atoms with E-state index in [2.05, 4.69) is 9.97 Å². The minimum Gasteiger partial charge on any atom is -0.295 e. The van der Waals surface area contributed by atoms with Gasteiger partial charge in [-0.2, -0.15) is 0 Å². The highest BCUT2D eigenvalue weighted by molar-refractivity contribution is 6.33. The Morgan fingerprint density at radius 3 is 2.37 bits per heavy atom. The Balaban J connectivity index is 2.11. The third-order valence-electron chi connectivity index (χ3n) is 4.35. The molecule has 0 aliphatic carbocycles. The summed E-state index contributed by atoms with van der Waals surface area (Å²) in [4.78, 5) is 22.1. The Kier molecular flexibility index (Phi) is 4.50. The molecule has 0 amide bonds. The van der Waals surface area contributed by atoms with Crippen LogP contribution < -0.4 is 5.56 Å². The van der Waals surface area contributed by atoms with Crippen LogP contribution in [0.5, 0.6) is 0 Å². The standard InChI is InChI=1S/C20H16Cl2N4O/c1-12(2)25-11-23-19-17(20(25)27)24-18(15-5-3-4-6-16(15)22)26(19)14-9-7-13(21)8-10-14/h3-12H,1-2H3. The van der Waals surface area contributed by atoms with Gasteiger partial charge in [-0.1, -0.05) is 35.3 Å². The average Bonchev–Trinajstić information content (AvgIpc) is 3.03. The lowest BCUT2D eigenvalue weighted by atomic mass is 10.2. The first-order valence-corrected chi connectivity index (χ1v) is 9.23. The molecule has 0 saturated carbocycles. The summed E-state index contributed by atoms with van der Waals surface area (Å²) in [7, 11) is 0. The number of hydrogen-bond acceptors (Lipinski definition) is 3. The van der Waals surface area contributed by atoms with Crippen LogP contribution in [-0.2, 0) is 0 Å². The van der Waals surface area contributed by atoms with Crippen molar-refractivity contribution in [1.29, 1.82) is 0 Å². The third-order valence-corrected chi connectivity index (χ3v) is 4.93. The van der Waals surface area contributed by atoms with Crippen LogP contribution in [0.3, 0.4) is 0 Å². The molecule has 4 aromatic rings. The molecule has 0 atom stereocenters. The largest absolute Gasteiger partial charge is 0.295 e. The van der Waals surface area contributed by atoms with Crippen LogP contribution in [0.4, 0.5) is 0 Å². The van der Waals surface area contributed by atoms with Gasteiger partial charge in [0.15, 0.2) is 11.2 Å². The SMILES string of the molecule is CC(C)n1cnc2c(nc(-c3ccccc3Cl)n2-c2ccc(Cl)cc2)c1=O. The Bertz CT molecular complexity index is 1190. The van der Waals surface area contributed by atoms with Crippen molar-refractivity contribution in [2.24, 2.45) is 0 Å². The summed E-state index contributed by atoms with van der Waals surface area (Å²) < 4.78 is 3.40. The van der Waals surface area contributed by atoms with Crippen LogP contribution in [-0.4, -0.2) is 19.1 Å². The first-order chi connectivity index (χ1) is 13.0. The maximum Gasteiger partial charge on any atom is 0.281 e. The molecule has 0 N–H and O–H groups in total. The molecule has 0 aliphatic rings. The fourth-order valence-electron chi connectivity index (χ4n) is 2.99. The lowest BCUT2D eigenvalue weighted by Crippen LogP contribution is -2.22. The summed E-state index contributed by atoms with van der Waals surface area (Å²) in [5, 5.41) is 1.17. The molecule has 5 nitrogen and oxygen atoms in total. The first-order valence-electron chi connectivity index (χ1n) is 8.48. The summed E-state index contributed by atoms with van der Waals surface area (Å²) in [5.41, 5.74) is 2.12. The second-order valence-corrected chi connectivity index (χ2v) is 7.29. The second kappa shape index (κ2) is 6.83. The van der Waals surface area contributed by atoms with Gasteiger partial charge in [0, 0.05) is 22.3 Å². The number of benzene rings is 2. The monoisotopic (exact) mass is 398 g/mol. The van der Waals surface area contributed by atoms with Gasteiger partial charge in [0.1, 0.15) is 12.2 Å². The predicted molar refractivity (Wildman–Crippen MR) is 109 cm³/mol. The lowest BCUT2D eigenvalue weighted by molar-refractivity contribution is 0.572. The summed E-state index contributed by atoms with van der Waals surface area (Å²) in [5.74, 6) is 0.559. The summed E-state index contributed by atoms with van der Waals surface area (Å²) >= 11 is 12.5. The van der Waals surface area contributed by atoms with Crippen LogP contribution in [0, 0.1) is 0 Å². The van der Waals surface area contributed by atoms with Crippen LogP contribution in [0.15, 0.2) is 59.7 Å². The van der Waals surface area contributed by atoms with E-state index in [1.54, 1.807) is 29.1 Å². The van der Waals surface area contributed by atoms with Gasteiger partial charge in [-0.25, -0.2) is 9.97 Å². The van der Waals surface area contributed by atoms with Gasteiger partial charge < -0.3 is 0 Å². The van der Waals surface area contributed by atoms with Crippen molar-refractivity contribution in [1.82, 2.24) is 19.1 Å². The minimum atomic E-state index is -0.184. The van der Waals surface area contributed by atoms with E-state index in [0.717, 1.165) is 11.3 Å². The average molecular weight is 399 g/mol. The summed E-state index contributed by atoms with van der Waals surface area (Å²) in [6, 6.07) is 14.7. The molecule has 27 heavy (non-hydrogen) atoms. The maximum absolute atomic E-state index is 12.9. The zero-order valence-corrected chi connectivity index (χ0v) is 16.2. The van der Waals surface area contributed by atoms with Gasteiger partial charge in [0.05, 0.1) is 5.02 Å². The Morgan fingerprint density at radius 2 is 1.70 bits per heavy atom. The fourth-order valence-corrected chi connectivity index (χ4v) is 3.34. The Labute approximate surface area is 165 Å². The van der Waals surface area contributed by atoms with Crippen LogP contribution in [0.2, 0.25) is 10.0 Å². The van der Waals surface area contributed by atoms with Crippen molar-refractivity contribution in [3.8, 4) is 17.1 Å². The highest BCUT2D eigenvalue weighted by Gasteiger charge is 2.20. The van der Waals surface area contributed by atoms with Crippen LogP contribution in [0.1, 0.15) is 19.9 Å². The van der Waals surface area contributed by atoms with Gasteiger partial charge in [-0.05, 0) is 50.2 Å².